The van der Waals surface area contributed by atoms with Crippen LogP contribution < -0.4 is 10.2 Å². The van der Waals surface area contributed by atoms with Gasteiger partial charge in [-0.05, 0) is 38.1 Å². The normalized spacial score (nSPS) is 11.5. The number of ether oxygens (including phenoxy) is 1. The van der Waals surface area contributed by atoms with Crippen LogP contribution in [0.15, 0.2) is 47.6 Å². The van der Waals surface area contributed by atoms with E-state index in [1.165, 1.54) is 17.4 Å². The molecule has 25 heavy (non-hydrogen) atoms. The Morgan fingerprint density at radius 3 is 2.88 bits per heavy atom. The number of fused-ring (bicyclic) bond motifs is 1. The third-order valence-corrected chi connectivity index (χ3v) is 4.43. The molecule has 0 atom stereocenters. The van der Waals surface area contributed by atoms with Gasteiger partial charge in [0.15, 0.2) is 5.75 Å². The molecule has 0 spiro atoms. The number of nitro groups is 1. The summed E-state index contributed by atoms with van der Waals surface area (Å²) in [5, 5.41) is 16.2. The number of benzene rings is 2. The van der Waals surface area contributed by atoms with Crippen LogP contribution in [0.5, 0.6) is 5.75 Å². The summed E-state index contributed by atoms with van der Waals surface area (Å²) in [5.74, 6) is 0.253. The zero-order valence-corrected chi connectivity index (χ0v) is 14.5. The molecule has 0 aliphatic heterocycles. The highest BCUT2D eigenvalue weighted by molar-refractivity contribution is 7.22. The van der Waals surface area contributed by atoms with Gasteiger partial charge in [-0.1, -0.05) is 23.5 Å². The van der Waals surface area contributed by atoms with Crippen molar-refractivity contribution in [2.24, 2.45) is 5.10 Å². The Morgan fingerprint density at radius 1 is 1.36 bits per heavy atom. The van der Waals surface area contributed by atoms with Crippen LogP contribution in [0.1, 0.15) is 19.4 Å². The monoisotopic (exact) mass is 356 g/mol. The van der Waals surface area contributed by atoms with Gasteiger partial charge in [0.1, 0.15) is 0 Å². The van der Waals surface area contributed by atoms with Crippen LogP contribution >= 0.6 is 11.3 Å². The van der Waals surface area contributed by atoms with Crippen LogP contribution in [0.25, 0.3) is 10.2 Å². The van der Waals surface area contributed by atoms with E-state index in [0.717, 1.165) is 10.2 Å². The van der Waals surface area contributed by atoms with Gasteiger partial charge in [0, 0.05) is 11.6 Å². The molecule has 0 fully saturated rings. The molecule has 8 heteroatoms. The fourth-order valence-corrected chi connectivity index (χ4v) is 3.09. The standard InChI is InChI=1S/C17H16N4O3S/c1-3-24-15-9-8-12(10-14(15)21(22)23)11(2)19-20-17-18-13-6-4-5-7-16(13)25-17/h4-10H,3H2,1-2H3,(H,18,20)/b19-11-. The number of rotatable bonds is 6. The largest absolute Gasteiger partial charge is 0.487 e. The topological polar surface area (TPSA) is 89.7 Å². The van der Waals surface area contributed by atoms with Gasteiger partial charge < -0.3 is 4.74 Å². The molecule has 0 saturated heterocycles. The van der Waals surface area contributed by atoms with E-state index >= 15 is 0 Å². The first-order valence-corrected chi connectivity index (χ1v) is 8.47. The summed E-state index contributed by atoms with van der Waals surface area (Å²) < 4.78 is 6.35. The van der Waals surface area contributed by atoms with Crippen molar-refractivity contribution in [3.05, 3.63) is 58.1 Å². The zero-order chi connectivity index (χ0) is 17.8. The molecule has 128 valence electrons. The van der Waals surface area contributed by atoms with Crippen molar-refractivity contribution in [2.45, 2.75) is 13.8 Å². The summed E-state index contributed by atoms with van der Waals surface area (Å²) in [6.45, 7) is 3.93. The van der Waals surface area contributed by atoms with Crippen molar-refractivity contribution in [3.63, 3.8) is 0 Å². The van der Waals surface area contributed by atoms with Crippen LogP contribution in [0.4, 0.5) is 10.8 Å². The predicted octanol–water partition coefficient (Wildman–Crippen LogP) is 4.44. The Bertz CT molecular complexity index is 919. The summed E-state index contributed by atoms with van der Waals surface area (Å²) in [6.07, 6.45) is 0. The molecule has 0 saturated carbocycles. The predicted molar refractivity (Wildman–Crippen MR) is 99.7 cm³/mol. The van der Waals surface area contributed by atoms with E-state index in [1.54, 1.807) is 26.0 Å². The van der Waals surface area contributed by atoms with E-state index in [4.69, 9.17) is 4.74 Å². The lowest BCUT2D eigenvalue weighted by molar-refractivity contribution is -0.385. The van der Waals surface area contributed by atoms with Gasteiger partial charge in [-0.15, -0.1) is 0 Å². The average Bonchev–Trinajstić information content (AvgIpc) is 3.03. The maximum atomic E-state index is 11.2. The lowest BCUT2D eigenvalue weighted by Gasteiger charge is -2.06. The molecular formula is C17H16N4O3S. The summed E-state index contributed by atoms with van der Waals surface area (Å²) >= 11 is 1.49. The Balaban J connectivity index is 1.84. The number of hydrogen-bond donors (Lipinski definition) is 1. The third-order valence-electron chi connectivity index (χ3n) is 3.49. The van der Waals surface area contributed by atoms with Crippen molar-refractivity contribution in [3.8, 4) is 5.75 Å². The Morgan fingerprint density at radius 2 is 2.16 bits per heavy atom. The molecule has 0 amide bonds. The van der Waals surface area contributed by atoms with Crippen LogP contribution in [-0.2, 0) is 0 Å². The molecule has 0 unspecified atom stereocenters. The number of nitrogens with zero attached hydrogens (tertiary/aromatic N) is 3. The minimum absolute atomic E-state index is 0.0751. The number of nitro benzene ring substituents is 1. The second kappa shape index (κ2) is 7.27. The van der Waals surface area contributed by atoms with E-state index in [-0.39, 0.29) is 11.4 Å². The second-order valence-corrected chi connectivity index (χ2v) is 6.20. The number of anilines is 1. The van der Waals surface area contributed by atoms with E-state index in [2.05, 4.69) is 15.5 Å². The smallest absolute Gasteiger partial charge is 0.311 e. The van der Waals surface area contributed by atoms with Gasteiger partial charge in [-0.3, -0.25) is 15.5 Å². The maximum absolute atomic E-state index is 11.2. The first-order chi connectivity index (χ1) is 12.1. The van der Waals surface area contributed by atoms with Crippen molar-refractivity contribution in [2.75, 3.05) is 12.0 Å². The van der Waals surface area contributed by atoms with Crippen LogP contribution in [-0.4, -0.2) is 22.2 Å². The molecule has 1 N–H and O–H groups in total. The van der Waals surface area contributed by atoms with Gasteiger partial charge >= 0.3 is 5.69 Å². The van der Waals surface area contributed by atoms with E-state index in [1.807, 2.05) is 24.3 Å². The highest BCUT2D eigenvalue weighted by Crippen LogP contribution is 2.29. The Labute approximate surface area is 148 Å². The first-order valence-electron chi connectivity index (χ1n) is 7.66. The van der Waals surface area contributed by atoms with Gasteiger partial charge in [0.2, 0.25) is 5.13 Å². The molecule has 3 rings (SSSR count). The average molecular weight is 356 g/mol. The fourth-order valence-electron chi connectivity index (χ4n) is 2.28. The van der Waals surface area contributed by atoms with Gasteiger partial charge in [-0.2, -0.15) is 5.10 Å². The number of hydrogen-bond acceptors (Lipinski definition) is 7. The molecular weight excluding hydrogens is 340 g/mol. The molecule has 1 aromatic heterocycles. The van der Waals surface area contributed by atoms with E-state index in [9.17, 15) is 10.1 Å². The van der Waals surface area contributed by atoms with Crippen molar-refractivity contribution in [1.29, 1.82) is 0 Å². The fraction of sp³-hybridized carbons (Fsp3) is 0.176. The van der Waals surface area contributed by atoms with E-state index in [0.29, 0.717) is 23.0 Å². The van der Waals surface area contributed by atoms with Crippen molar-refractivity contribution < 1.29 is 9.66 Å². The Hall–Kier alpha value is -3.00. The van der Waals surface area contributed by atoms with Crippen LogP contribution in [0, 0.1) is 10.1 Å². The molecule has 0 radical (unpaired) electrons. The number of para-hydroxylation sites is 1. The van der Waals surface area contributed by atoms with Crippen LogP contribution in [0.3, 0.4) is 0 Å². The molecule has 0 aliphatic rings. The zero-order valence-electron chi connectivity index (χ0n) is 13.7. The molecule has 3 aromatic rings. The number of aromatic nitrogens is 1. The lowest BCUT2D eigenvalue weighted by Crippen LogP contribution is -2.03. The second-order valence-electron chi connectivity index (χ2n) is 5.17. The Kier molecular flexibility index (Phi) is 4.90. The van der Waals surface area contributed by atoms with Crippen molar-refractivity contribution >= 4 is 38.1 Å². The highest BCUT2D eigenvalue weighted by atomic mass is 32.1. The van der Waals surface area contributed by atoms with Gasteiger partial charge in [0.05, 0.1) is 27.5 Å². The molecule has 7 nitrogen and oxygen atoms in total. The van der Waals surface area contributed by atoms with Gasteiger partial charge in [0.25, 0.3) is 0 Å². The molecule has 0 aliphatic carbocycles. The summed E-state index contributed by atoms with van der Waals surface area (Å²) in [4.78, 5) is 15.2. The maximum Gasteiger partial charge on any atom is 0.311 e. The number of hydrazone groups is 1. The quantitative estimate of drug-likeness (QED) is 0.401. The van der Waals surface area contributed by atoms with E-state index < -0.39 is 4.92 Å². The van der Waals surface area contributed by atoms with Crippen LogP contribution in [0.2, 0.25) is 0 Å². The molecule has 1 heterocycles. The number of nitrogens with one attached hydrogen (secondary N) is 1. The highest BCUT2D eigenvalue weighted by Gasteiger charge is 2.16. The number of thiazole rings is 1. The molecule has 2 aromatic carbocycles. The summed E-state index contributed by atoms with van der Waals surface area (Å²) in [7, 11) is 0. The first kappa shape index (κ1) is 16.8. The minimum Gasteiger partial charge on any atom is -0.487 e. The lowest BCUT2D eigenvalue weighted by atomic mass is 10.1. The summed E-state index contributed by atoms with van der Waals surface area (Å²) in [5.41, 5.74) is 5.00. The van der Waals surface area contributed by atoms with Crippen molar-refractivity contribution in [1.82, 2.24) is 4.98 Å². The molecule has 0 bridgehead atoms. The summed E-state index contributed by atoms with van der Waals surface area (Å²) in [6, 6.07) is 12.6. The third kappa shape index (κ3) is 3.74. The van der Waals surface area contributed by atoms with Gasteiger partial charge in [-0.25, -0.2) is 4.98 Å². The minimum atomic E-state index is -0.456. The SMILES string of the molecule is CCOc1ccc(/C(C)=N\Nc2nc3ccccc3s2)cc1[N+](=O)[O-].